The van der Waals surface area contributed by atoms with Crippen LogP contribution in [0.4, 0.5) is 10.5 Å². The second-order valence-corrected chi connectivity index (χ2v) is 7.73. The third-order valence-corrected chi connectivity index (χ3v) is 5.31. The highest BCUT2D eigenvalue weighted by Gasteiger charge is 2.20. The number of amides is 2. The van der Waals surface area contributed by atoms with E-state index in [1.165, 1.54) is 11.8 Å². The van der Waals surface area contributed by atoms with E-state index in [1.807, 2.05) is 37.4 Å². The van der Waals surface area contributed by atoms with Crippen LogP contribution in [0.1, 0.15) is 12.0 Å². The molecule has 1 unspecified atom stereocenters. The number of aromatic nitrogens is 2. The van der Waals surface area contributed by atoms with Crippen LogP contribution >= 0.6 is 11.8 Å². The van der Waals surface area contributed by atoms with Crippen molar-refractivity contribution in [3.63, 3.8) is 0 Å². The largest absolute Gasteiger partial charge is 0.480 e. The Labute approximate surface area is 177 Å². The summed E-state index contributed by atoms with van der Waals surface area (Å²) >= 11 is 1.52. The summed E-state index contributed by atoms with van der Waals surface area (Å²) in [6.45, 7) is 1.83. The van der Waals surface area contributed by atoms with Gasteiger partial charge in [0.1, 0.15) is 6.04 Å². The van der Waals surface area contributed by atoms with Gasteiger partial charge in [-0.15, -0.1) is 0 Å². The summed E-state index contributed by atoms with van der Waals surface area (Å²) in [6, 6.07) is 11.0. The molecule has 156 valence electrons. The summed E-state index contributed by atoms with van der Waals surface area (Å²) < 4.78 is 0. The van der Waals surface area contributed by atoms with Crippen molar-refractivity contribution in [2.45, 2.75) is 19.4 Å². The first kappa shape index (κ1) is 21.4. The smallest absolute Gasteiger partial charge is 0.326 e. The molecule has 0 spiro atoms. The maximum Gasteiger partial charge on any atom is 0.326 e. The topological polar surface area (TPSA) is 124 Å². The van der Waals surface area contributed by atoms with Crippen LogP contribution in [0.15, 0.2) is 47.3 Å². The Balaban J connectivity index is 1.88. The molecule has 0 aliphatic heterocycles. The molecule has 8 nitrogen and oxygen atoms in total. The normalized spacial score (nSPS) is 11.8. The van der Waals surface area contributed by atoms with Crippen LogP contribution in [0, 0.1) is 6.92 Å². The third-order valence-electron chi connectivity index (χ3n) is 4.67. The Morgan fingerprint density at radius 1 is 1.20 bits per heavy atom. The van der Waals surface area contributed by atoms with Gasteiger partial charge in [-0.1, -0.05) is 30.3 Å². The molecule has 1 heterocycles. The van der Waals surface area contributed by atoms with E-state index in [2.05, 4.69) is 20.8 Å². The van der Waals surface area contributed by atoms with Crippen molar-refractivity contribution in [1.82, 2.24) is 15.5 Å². The average molecular weight is 426 g/mol. The summed E-state index contributed by atoms with van der Waals surface area (Å²) in [7, 11) is 0. The maximum absolute atomic E-state index is 12.4. The Morgan fingerprint density at radius 2 is 1.93 bits per heavy atom. The molecule has 0 saturated heterocycles. The number of aliphatic carboxylic acids is 1. The predicted molar refractivity (Wildman–Crippen MR) is 119 cm³/mol. The van der Waals surface area contributed by atoms with Crippen molar-refractivity contribution < 1.29 is 14.7 Å². The van der Waals surface area contributed by atoms with E-state index < -0.39 is 18.0 Å². The van der Waals surface area contributed by atoms with Crippen LogP contribution < -0.4 is 16.2 Å². The molecule has 2 amide bonds. The van der Waals surface area contributed by atoms with Crippen LogP contribution in [0.2, 0.25) is 0 Å². The van der Waals surface area contributed by atoms with Crippen LogP contribution in [-0.4, -0.2) is 45.4 Å². The van der Waals surface area contributed by atoms with E-state index in [0.717, 1.165) is 5.56 Å². The zero-order chi connectivity index (χ0) is 21.7. The number of anilines is 1. The number of carbonyl (C=O) groups excluding carboxylic acids is 1. The van der Waals surface area contributed by atoms with E-state index >= 15 is 0 Å². The second-order valence-electron chi connectivity index (χ2n) is 6.75. The molecule has 0 fully saturated rings. The number of thioether (sulfide) groups is 1. The number of hydrogen-bond donors (Lipinski definition) is 4. The molecule has 1 atom stereocenters. The van der Waals surface area contributed by atoms with Crippen molar-refractivity contribution in [3.05, 3.63) is 58.4 Å². The Hall–Kier alpha value is -3.33. The van der Waals surface area contributed by atoms with Gasteiger partial charge in [0, 0.05) is 16.6 Å². The van der Waals surface area contributed by atoms with Gasteiger partial charge in [-0.2, -0.15) is 16.9 Å². The van der Waals surface area contributed by atoms with Gasteiger partial charge in [-0.3, -0.25) is 4.79 Å². The summed E-state index contributed by atoms with van der Waals surface area (Å²) in [5.74, 6) is -0.454. The lowest BCUT2D eigenvalue weighted by atomic mass is 10.0. The number of H-pyrrole nitrogens is 1. The molecule has 0 bridgehead atoms. The van der Waals surface area contributed by atoms with E-state index in [4.69, 9.17) is 0 Å². The van der Waals surface area contributed by atoms with Crippen molar-refractivity contribution in [2.75, 3.05) is 17.3 Å². The molecule has 30 heavy (non-hydrogen) atoms. The molecule has 3 rings (SSSR count). The third kappa shape index (κ3) is 4.80. The second kappa shape index (κ2) is 9.45. The number of rotatable bonds is 7. The summed E-state index contributed by atoms with van der Waals surface area (Å²) in [5.41, 5.74) is 2.34. The number of carboxylic acid groups (broad SMARTS) is 1. The predicted octanol–water partition coefficient (Wildman–Crippen LogP) is 3.23. The van der Waals surface area contributed by atoms with Gasteiger partial charge >= 0.3 is 12.0 Å². The first-order valence-corrected chi connectivity index (χ1v) is 10.7. The van der Waals surface area contributed by atoms with Gasteiger partial charge in [0.05, 0.1) is 11.1 Å². The number of benzene rings is 2. The number of aromatic amines is 1. The van der Waals surface area contributed by atoms with Crippen molar-refractivity contribution in [1.29, 1.82) is 0 Å². The number of aryl methyl sites for hydroxylation is 1. The van der Waals surface area contributed by atoms with Gasteiger partial charge in [0.15, 0.2) is 0 Å². The number of carbonyl (C=O) groups is 2. The van der Waals surface area contributed by atoms with Crippen LogP contribution in [0.3, 0.4) is 0 Å². The van der Waals surface area contributed by atoms with E-state index in [9.17, 15) is 19.5 Å². The average Bonchev–Trinajstić information content (AvgIpc) is 2.73. The fraction of sp³-hybridized carbons (Fsp3) is 0.238. The van der Waals surface area contributed by atoms with Crippen molar-refractivity contribution in [3.8, 4) is 11.3 Å². The Bertz CT molecular complexity index is 1150. The van der Waals surface area contributed by atoms with E-state index in [-0.39, 0.29) is 5.56 Å². The fourth-order valence-corrected chi connectivity index (χ4v) is 3.52. The fourth-order valence-electron chi connectivity index (χ4n) is 3.05. The number of urea groups is 1. The molecule has 0 aliphatic carbocycles. The molecular formula is C21H22N4O4S. The molecule has 9 heteroatoms. The van der Waals surface area contributed by atoms with E-state index in [1.54, 1.807) is 18.2 Å². The highest BCUT2D eigenvalue weighted by atomic mass is 32.2. The minimum atomic E-state index is -1.08. The zero-order valence-electron chi connectivity index (χ0n) is 16.6. The quantitative estimate of drug-likeness (QED) is 0.460. The summed E-state index contributed by atoms with van der Waals surface area (Å²) in [6.07, 6.45) is 2.21. The monoisotopic (exact) mass is 426 g/mol. The van der Waals surface area contributed by atoms with Crippen LogP contribution in [-0.2, 0) is 4.79 Å². The molecule has 4 N–H and O–H groups in total. The van der Waals surface area contributed by atoms with Gasteiger partial charge in [0.2, 0.25) is 0 Å². The number of carboxylic acids is 1. The number of nitrogens with one attached hydrogen (secondary N) is 3. The molecule has 1 aromatic heterocycles. The summed E-state index contributed by atoms with van der Waals surface area (Å²) in [4.78, 5) is 35.8. The standard InChI is InChI=1S/C21H22N4O4S/c1-12-7-8-13(18-14-5-3-4-6-15(14)19(26)25-24-18)11-17(12)23-21(29)22-16(20(27)28)9-10-30-2/h3-8,11,16H,9-10H2,1-2H3,(H,25,26)(H,27,28)(H2,22,23,29). The SMILES string of the molecule is CSCCC(NC(=O)Nc1cc(-c2n[nH]c(=O)c3ccccc23)ccc1C)C(=O)O. The highest BCUT2D eigenvalue weighted by molar-refractivity contribution is 7.98. The molecule has 3 aromatic rings. The minimum absolute atomic E-state index is 0.274. The van der Waals surface area contributed by atoms with Crippen LogP contribution in [0.5, 0.6) is 0 Å². The maximum atomic E-state index is 12.4. The zero-order valence-corrected chi connectivity index (χ0v) is 17.4. The lowest BCUT2D eigenvalue weighted by Crippen LogP contribution is -2.43. The van der Waals surface area contributed by atoms with Gasteiger partial charge < -0.3 is 15.7 Å². The van der Waals surface area contributed by atoms with Gasteiger partial charge in [-0.05, 0) is 43.0 Å². The van der Waals surface area contributed by atoms with Gasteiger partial charge in [-0.25, -0.2) is 14.7 Å². The first-order valence-electron chi connectivity index (χ1n) is 9.28. The molecular weight excluding hydrogens is 404 g/mol. The minimum Gasteiger partial charge on any atom is -0.480 e. The molecule has 0 radical (unpaired) electrons. The van der Waals surface area contributed by atoms with Gasteiger partial charge in [0.25, 0.3) is 5.56 Å². The lowest BCUT2D eigenvalue weighted by Gasteiger charge is -2.16. The highest BCUT2D eigenvalue weighted by Crippen LogP contribution is 2.28. The summed E-state index contributed by atoms with van der Waals surface area (Å²) in [5, 5.41) is 22.4. The number of hydrogen-bond acceptors (Lipinski definition) is 5. The number of fused-ring (bicyclic) bond motifs is 1. The Kier molecular flexibility index (Phi) is 6.73. The van der Waals surface area contributed by atoms with Crippen molar-refractivity contribution in [2.24, 2.45) is 0 Å². The molecule has 2 aromatic carbocycles. The molecule has 0 aliphatic rings. The lowest BCUT2D eigenvalue weighted by molar-refractivity contribution is -0.139. The Morgan fingerprint density at radius 3 is 2.63 bits per heavy atom. The number of nitrogens with zero attached hydrogens (tertiary/aromatic N) is 1. The van der Waals surface area contributed by atoms with Crippen LogP contribution in [0.25, 0.3) is 22.0 Å². The molecule has 0 saturated carbocycles. The van der Waals surface area contributed by atoms with E-state index in [0.29, 0.717) is 39.9 Å². The van der Waals surface area contributed by atoms with Crippen molar-refractivity contribution >= 4 is 40.2 Å². The first-order chi connectivity index (χ1) is 14.4.